The molecule has 374 valence electrons. The topological polar surface area (TPSA) is 154 Å². The number of aryl methyl sites for hydroxylation is 2. The molecule has 2 atom stereocenters. The molecule has 2 saturated heterocycles. The molecular formula is C53H63ClF2N12O3. The predicted octanol–water partition coefficient (Wildman–Crippen LogP) is 8.69. The number of ether oxygens (including phenoxy) is 1. The SMILES string of the molecule is CC(=O)N1CCc2c(c(N3CCCc4cc(-c5cnn(C)c5)c(C(F)F)cc43)nn2C2CCN(CC3C(C)CN(c4ccc(C(=O)NC5CCC(Oc6ccc(C#N)c(Cl)c6)CC5)nn4)CC3C)CC2)C1. The van der Waals surface area contributed by atoms with Crippen LogP contribution in [0.3, 0.4) is 0 Å². The van der Waals surface area contributed by atoms with Crippen molar-refractivity contribution in [1.82, 2.24) is 44.9 Å². The molecule has 2 aromatic carbocycles. The Kier molecular flexibility index (Phi) is 14.0. The van der Waals surface area contributed by atoms with Gasteiger partial charge in [-0.1, -0.05) is 25.4 Å². The summed E-state index contributed by atoms with van der Waals surface area (Å²) < 4.78 is 39.6. The maximum atomic E-state index is 14.8. The van der Waals surface area contributed by atoms with Gasteiger partial charge in [-0.05, 0) is 117 Å². The number of halogens is 3. The summed E-state index contributed by atoms with van der Waals surface area (Å²) in [5, 5.41) is 31.2. The molecule has 0 radical (unpaired) electrons. The summed E-state index contributed by atoms with van der Waals surface area (Å²) in [6, 6.07) is 14.7. The molecule has 0 bridgehead atoms. The molecule has 71 heavy (non-hydrogen) atoms. The first-order valence-corrected chi connectivity index (χ1v) is 25.7. The lowest BCUT2D eigenvalue weighted by Gasteiger charge is -2.44. The number of carbonyl (C=O) groups is 2. The van der Waals surface area contributed by atoms with Crippen molar-refractivity contribution in [2.24, 2.45) is 24.8 Å². The van der Waals surface area contributed by atoms with Gasteiger partial charge in [0, 0.05) is 113 Å². The van der Waals surface area contributed by atoms with Crippen molar-refractivity contribution < 1.29 is 23.1 Å². The fraction of sp³-hybridized carbons (Fsp3) is 0.528. The minimum atomic E-state index is -2.66. The van der Waals surface area contributed by atoms with Crippen LogP contribution in [0.2, 0.25) is 5.02 Å². The molecule has 2 amide bonds. The zero-order valence-electron chi connectivity index (χ0n) is 41.0. The average Bonchev–Trinajstić information content (AvgIpc) is 3.98. The van der Waals surface area contributed by atoms with E-state index in [0.29, 0.717) is 77.0 Å². The Morgan fingerprint density at radius 2 is 1.73 bits per heavy atom. The van der Waals surface area contributed by atoms with Crippen molar-refractivity contribution in [1.29, 1.82) is 5.26 Å². The summed E-state index contributed by atoms with van der Waals surface area (Å²) in [4.78, 5) is 34.9. The Morgan fingerprint density at radius 3 is 2.39 bits per heavy atom. The Hall–Kier alpha value is -6.12. The molecule has 18 heteroatoms. The van der Waals surface area contributed by atoms with Crippen LogP contribution in [-0.2, 0) is 31.2 Å². The van der Waals surface area contributed by atoms with Crippen molar-refractivity contribution in [2.75, 3.05) is 55.6 Å². The van der Waals surface area contributed by atoms with Gasteiger partial charge < -0.3 is 29.7 Å². The van der Waals surface area contributed by atoms with E-state index in [1.54, 1.807) is 61.4 Å². The second-order valence-corrected chi connectivity index (χ2v) is 21.0. The molecule has 1 N–H and O–H groups in total. The van der Waals surface area contributed by atoms with Gasteiger partial charge in [-0.2, -0.15) is 15.5 Å². The average molecular weight is 990 g/mol. The van der Waals surface area contributed by atoms with Crippen LogP contribution < -0.4 is 19.9 Å². The number of hydrogen-bond donors (Lipinski definition) is 1. The predicted molar refractivity (Wildman–Crippen MR) is 267 cm³/mol. The van der Waals surface area contributed by atoms with Crippen molar-refractivity contribution in [3.05, 3.63) is 93.5 Å². The van der Waals surface area contributed by atoms with Crippen LogP contribution in [0, 0.1) is 29.1 Å². The van der Waals surface area contributed by atoms with Gasteiger partial charge >= 0.3 is 0 Å². The van der Waals surface area contributed by atoms with Crippen molar-refractivity contribution in [3.63, 3.8) is 0 Å². The normalized spacial score (nSPS) is 23.0. The highest BCUT2D eigenvalue weighted by atomic mass is 35.5. The number of rotatable bonds is 11. The number of likely N-dealkylation sites (tertiary alicyclic amines) is 1. The number of carbonyl (C=O) groups excluding carboxylic acids is 2. The number of aromatic nitrogens is 6. The van der Waals surface area contributed by atoms with Gasteiger partial charge in [0.2, 0.25) is 5.91 Å². The molecule has 4 aliphatic heterocycles. The third-order valence-electron chi connectivity index (χ3n) is 15.8. The quantitative estimate of drug-likeness (QED) is 0.135. The zero-order chi connectivity index (χ0) is 49.5. The smallest absolute Gasteiger partial charge is 0.272 e. The number of nitrogens with one attached hydrogen (secondary N) is 1. The van der Waals surface area contributed by atoms with Crippen LogP contribution in [0.25, 0.3) is 11.1 Å². The molecule has 5 aliphatic rings. The molecule has 10 rings (SSSR count). The number of nitriles is 1. The summed E-state index contributed by atoms with van der Waals surface area (Å²) in [5.41, 5.74) is 5.88. The molecule has 1 aliphatic carbocycles. The first kappa shape index (κ1) is 48.5. The summed E-state index contributed by atoms with van der Waals surface area (Å²) in [7, 11) is 1.79. The molecule has 1 saturated carbocycles. The summed E-state index contributed by atoms with van der Waals surface area (Å²) in [6.07, 6.45) is 8.16. The van der Waals surface area contributed by atoms with Crippen molar-refractivity contribution in [2.45, 2.75) is 110 Å². The minimum Gasteiger partial charge on any atom is -0.490 e. The van der Waals surface area contributed by atoms with E-state index in [2.05, 4.69) is 59.9 Å². The van der Waals surface area contributed by atoms with Gasteiger partial charge in [-0.15, -0.1) is 10.2 Å². The van der Waals surface area contributed by atoms with E-state index in [1.807, 2.05) is 17.0 Å². The molecule has 15 nitrogen and oxygen atoms in total. The van der Waals surface area contributed by atoms with E-state index in [-0.39, 0.29) is 35.6 Å². The van der Waals surface area contributed by atoms with Gasteiger partial charge in [0.05, 0.1) is 35.5 Å². The number of anilines is 3. The Balaban J connectivity index is 0.747. The van der Waals surface area contributed by atoms with E-state index in [0.717, 1.165) is 118 Å². The highest BCUT2D eigenvalue weighted by Crippen LogP contribution is 2.44. The molecule has 2 unspecified atom stereocenters. The Labute approximate surface area is 419 Å². The number of piperidine rings is 2. The molecule has 3 aromatic heterocycles. The molecule has 7 heterocycles. The number of hydrogen-bond acceptors (Lipinski definition) is 11. The van der Waals surface area contributed by atoms with Gasteiger partial charge in [0.1, 0.15) is 11.8 Å². The minimum absolute atomic E-state index is 0.0126. The maximum absolute atomic E-state index is 14.8. The van der Waals surface area contributed by atoms with Crippen LogP contribution in [0.5, 0.6) is 5.75 Å². The summed E-state index contributed by atoms with van der Waals surface area (Å²) in [5.74, 6) is 3.34. The molecule has 5 aromatic rings. The van der Waals surface area contributed by atoms with Gasteiger partial charge in [0.25, 0.3) is 12.3 Å². The first-order valence-electron chi connectivity index (χ1n) is 25.4. The van der Waals surface area contributed by atoms with Crippen LogP contribution in [0.4, 0.5) is 26.1 Å². The second-order valence-electron chi connectivity index (χ2n) is 20.6. The summed E-state index contributed by atoms with van der Waals surface area (Å²) >= 11 is 6.19. The number of benzene rings is 2. The van der Waals surface area contributed by atoms with E-state index in [9.17, 15) is 18.4 Å². The van der Waals surface area contributed by atoms with Gasteiger partial charge in [-0.25, -0.2) is 8.78 Å². The van der Waals surface area contributed by atoms with E-state index >= 15 is 0 Å². The number of amides is 2. The van der Waals surface area contributed by atoms with E-state index in [1.165, 1.54) is 0 Å². The third-order valence-corrected chi connectivity index (χ3v) is 16.1. The number of fused-ring (bicyclic) bond motifs is 2. The third kappa shape index (κ3) is 10.2. The van der Waals surface area contributed by atoms with E-state index < -0.39 is 6.43 Å². The lowest BCUT2D eigenvalue weighted by Crippen LogP contribution is -2.50. The van der Waals surface area contributed by atoms with Crippen LogP contribution in [0.15, 0.2) is 54.9 Å². The van der Waals surface area contributed by atoms with Crippen LogP contribution in [-0.4, -0.2) is 109 Å². The van der Waals surface area contributed by atoms with Crippen LogP contribution >= 0.6 is 11.6 Å². The molecule has 0 spiro atoms. The highest BCUT2D eigenvalue weighted by molar-refractivity contribution is 6.31. The fourth-order valence-corrected chi connectivity index (χ4v) is 12.1. The second kappa shape index (κ2) is 20.5. The van der Waals surface area contributed by atoms with Crippen molar-refractivity contribution in [3.8, 4) is 22.9 Å². The monoisotopic (exact) mass is 988 g/mol. The van der Waals surface area contributed by atoms with E-state index in [4.69, 9.17) is 26.7 Å². The van der Waals surface area contributed by atoms with Gasteiger partial charge in [-0.3, -0.25) is 19.0 Å². The molecular weight excluding hydrogens is 926 g/mol. The highest BCUT2D eigenvalue weighted by Gasteiger charge is 2.38. The van der Waals surface area contributed by atoms with Crippen LogP contribution in [0.1, 0.15) is 117 Å². The lowest BCUT2D eigenvalue weighted by atomic mass is 9.79. The first-order chi connectivity index (χ1) is 34.3. The number of alkyl halides is 2. The van der Waals surface area contributed by atoms with Gasteiger partial charge in [0.15, 0.2) is 17.3 Å². The standard InChI is InChI=1S/C53H63ClF2N12O3/c1-32-27-66(50-14-13-47(60-61-50)53(70)59-38-8-11-40(12-9-38)71-41-10-7-36(25-57)46(54)23-41)28-33(2)44(32)30-64-19-15-39(16-20-64)68-48-17-21-65(34(3)69)31-45(48)52(62-68)67-18-5-6-35-22-42(37-26-58-63(4)29-37)43(51(55)56)24-49(35)67/h7,10,13-14,22-24,26,29,32-33,38-40,44,51H,5-6,8-9,11-12,15-21,27-28,30-31H2,1-4H3,(H,59,70). The lowest BCUT2D eigenvalue weighted by molar-refractivity contribution is -0.129. The number of nitrogens with zero attached hydrogens (tertiary/aromatic N) is 11. The Morgan fingerprint density at radius 1 is 0.958 bits per heavy atom. The largest absolute Gasteiger partial charge is 0.490 e. The zero-order valence-corrected chi connectivity index (χ0v) is 41.8. The Bertz CT molecular complexity index is 2780. The fourth-order valence-electron chi connectivity index (χ4n) is 11.9. The molecule has 3 fully saturated rings. The maximum Gasteiger partial charge on any atom is 0.272 e. The van der Waals surface area contributed by atoms with Crippen molar-refractivity contribution >= 4 is 40.7 Å². The summed E-state index contributed by atoms with van der Waals surface area (Å²) in [6.45, 7) is 12.7.